The number of nitrogens with zero attached hydrogens (tertiary/aromatic N) is 2. The fourth-order valence-corrected chi connectivity index (χ4v) is 2.46. The van der Waals surface area contributed by atoms with Gasteiger partial charge in [-0.25, -0.2) is 0 Å². The molecule has 1 aromatic heterocycles. The van der Waals surface area contributed by atoms with E-state index in [4.69, 9.17) is 4.74 Å². The molecule has 1 saturated heterocycles. The number of nitrogens with one attached hydrogen (secondary N) is 1. The van der Waals surface area contributed by atoms with Gasteiger partial charge in [-0.15, -0.1) is 0 Å². The Hall–Kier alpha value is -0.870. The lowest BCUT2D eigenvalue weighted by atomic mass is 10.0. The number of rotatable bonds is 6. The molecule has 0 aromatic carbocycles. The molecule has 0 saturated carbocycles. The van der Waals surface area contributed by atoms with Gasteiger partial charge < -0.3 is 10.1 Å². The molecule has 0 spiro atoms. The summed E-state index contributed by atoms with van der Waals surface area (Å²) in [5, 5.41) is 7.96. The second-order valence-electron chi connectivity index (χ2n) is 4.56. The van der Waals surface area contributed by atoms with Gasteiger partial charge in [0.15, 0.2) is 0 Å². The molecule has 1 fully saturated rings. The summed E-state index contributed by atoms with van der Waals surface area (Å²) in [6.45, 7) is 7.16. The molecule has 2 unspecified atom stereocenters. The van der Waals surface area contributed by atoms with Gasteiger partial charge in [-0.2, -0.15) is 5.10 Å². The highest BCUT2D eigenvalue weighted by molar-refractivity contribution is 5.10. The highest BCUT2D eigenvalue weighted by Crippen LogP contribution is 2.26. The smallest absolute Gasteiger partial charge is 0.0785 e. The van der Waals surface area contributed by atoms with Crippen molar-refractivity contribution in [3.8, 4) is 0 Å². The Balaban J connectivity index is 2.13. The maximum atomic E-state index is 5.83. The van der Waals surface area contributed by atoms with Crippen LogP contribution in [0.2, 0.25) is 0 Å². The van der Waals surface area contributed by atoms with E-state index in [1.807, 2.05) is 6.20 Å². The van der Waals surface area contributed by atoms with E-state index in [9.17, 15) is 0 Å². The van der Waals surface area contributed by atoms with Crippen LogP contribution in [0.4, 0.5) is 0 Å². The zero-order valence-corrected chi connectivity index (χ0v) is 10.9. The largest absolute Gasteiger partial charge is 0.376 e. The van der Waals surface area contributed by atoms with Gasteiger partial charge in [0, 0.05) is 19.3 Å². The van der Waals surface area contributed by atoms with Crippen LogP contribution in [0.25, 0.3) is 0 Å². The van der Waals surface area contributed by atoms with Gasteiger partial charge in [0.2, 0.25) is 0 Å². The van der Waals surface area contributed by atoms with Crippen molar-refractivity contribution in [1.82, 2.24) is 15.1 Å². The molecule has 1 aliphatic rings. The molecule has 1 N–H and O–H groups in total. The number of hydrogen-bond donors (Lipinski definition) is 1. The first-order valence-corrected chi connectivity index (χ1v) is 6.73. The van der Waals surface area contributed by atoms with E-state index in [2.05, 4.69) is 35.0 Å². The summed E-state index contributed by atoms with van der Waals surface area (Å²) in [6, 6.07) is 2.40. The summed E-state index contributed by atoms with van der Waals surface area (Å²) in [7, 11) is 0. The van der Waals surface area contributed by atoms with Crippen LogP contribution in [-0.4, -0.2) is 29.0 Å². The molecule has 17 heavy (non-hydrogen) atoms. The maximum Gasteiger partial charge on any atom is 0.0785 e. The number of aryl methyl sites for hydroxylation is 1. The lowest BCUT2D eigenvalue weighted by Gasteiger charge is -2.24. The lowest BCUT2D eigenvalue weighted by Crippen LogP contribution is -2.34. The molecule has 1 aliphatic heterocycles. The van der Waals surface area contributed by atoms with Gasteiger partial charge in [-0.1, -0.05) is 6.92 Å². The highest BCUT2D eigenvalue weighted by atomic mass is 16.5. The molecule has 96 valence electrons. The second-order valence-corrected chi connectivity index (χ2v) is 4.56. The first kappa shape index (κ1) is 12.6. The van der Waals surface area contributed by atoms with Crippen molar-refractivity contribution < 1.29 is 4.74 Å². The predicted octanol–water partition coefficient (Wildman–Crippen LogP) is 2.12. The Bertz CT molecular complexity index is 331. The summed E-state index contributed by atoms with van der Waals surface area (Å²) in [5.41, 5.74) is 1.26. The van der Waals surface area contributed by atoms with E-state index in [1.165, 1.54) is 12.1 Å². The Labute approximate surface area is 103 Å². The van der Waals surface area contributed by atoms with Crippen LogP contribution in [0.15, 0.2) is 12.3 Å². The second kappa shape index (κ2) is 6.17. The van der Waals surface area contributed by atoms with Crippen LogP contribution in [0.5, 0.6) is 0 Å². The first-order valence-electron chi connectivity index (χ1n) is 6.73. The maximum absolute atomic E-state index is 5.83. The Morgan fingerprint density at radius 2 is 2.47 bits per heavy atom. The zero-order valence-electron chi connectivity index (χ0n) is 10.9. The van der Waals surface area contributed by atoms with Gasteiger partial charge in [0.05, 0.1) is 17.8 Å². The SMILES string of the molecule is CCCNC(c1ccnn1CC)C1CCCO1. The zero-order chi connectivity index (χ0) is 12.1. The average molecular weight is 237 g/mol. The molecule has 2 rings (SSSR count). The summed E-state index contributed by atoms with van der Waals surface area (Å²) < 4.78 is 7.90. The summed E-state index contributed by atoms with van der Waals surface area (Å²) >= 11 is 0. The molecule has 0 bridgehead atoms. The van der Waals surface area contributed by atoms with Crippen LogP contribution in [-0.2, 0) is 11.3 Å². The average Bonchev–Trinajstić information content (AvgIpc) is 3.00. The van der Waals surface area contributed by atoms with Crippen molar-refractivity contribution in [1.29, 1.82) is 0 Å². The molecule has 0 amide bonds. The molecular weight excluding hydrogens is 214 g/mol. The van der Waals surface area contributed by atoms with Crippen LogP contribution in [0.1, 0.15) is 44.8 Å². The van der Waals surface area contributed by atoms with Gasteiger partial charge >= 0.3 is 0 Å². The third kappa shape index (κ3) is 2.87. The van der Waals surface area contributed by atoms with Crippen LogP contribution < -0.4 is 5.32 Å². The van der Waals surface area contributed by atoms with Crippen molar-refractivity contribution in [2.45, 2.75) is 51.8 Å². The monoisotopic (exact) mass is 237 g/mol. The predicted molar refractivity (Wildman–Crippen MR) is 67.9 cm³/mol. The van der Waals surface area contributed by atoms with E-state index in [1.54, 1.807) is 0 Å². The summed E-state index contributed by atoms with van der Waals surface area (Å²) in [5.74, 6) is 0. The van der Waals surface area contributed by atoms with Crippen LogP contribution in [0, 0.1) is 0 Å². The minimum absolute atomic E-state index is 0.292. The van der Waals surface area contributed by atoms with Crippen molar-refractivity contribution in [2.24, 2.45) is 0 Å². The summed E-state index contributed by atoms with van der Waals surface area (Å²) in [6.07, 6.45) is 5.66. The molecule has 4 nitrogen and oxygen atoms in total. The van der Waals surface area contributed by atoms with Crippen molar-refractivity contribution >= 4 is 0 Å². The highest BCUT2D eigenvalue weighted by Gasteiger charge is 2.28. The number of ether oxygens (including phenoxy) is 1. The van der Waals surface area contributed by atoms with Crippen molar-refractivity contribution in [3.05, 3.63) is 18.0 Å². The van der Waals surface area contributed by atoms with Crippen LogP contribution >= 0.6 is 0 Å². The molecule has 0 aliphatic carbocycles. The molecule has 0 radical (unpaired) electrons. The fraction of sp³-hybridized carbons (Fsp3) is 0.769. The van der Waals surface area contributed by atoms with E-state index in [0.717, 1.165) is 32.5 Å². The van der Waals surface area contributed by atoms with E-state index in [0.29, 0.717) is 12.1 Å². The van der Waals surface area contributed by atoms with Crippen LogP contribution in [0.3, 0.4) is 0 Å². The quantitative estimate of drug-likeness (QED) is 0.823. The van der Waals surface area contributed by atoms with E-state index < -0.39 is 0 Å². The van der Waals surface area contributed by atoms with Crippen molar-refractivity contribution in [3.63, 3.8) is 0 Å². The van der Waals surface area contributed by atoms with E-state index >= 15 is 0 Å². The van der Waals surface area contributed by atoms with Gasteiger partial charge in [-0.05, 0) is 38.8 Å². The lowest BCUT2D eigenvalue weighted by molar-refractivity contribution is 0.0755. The molecule has 1 aromatic rings. The molecular formula is C13H23N3O. The Morgan fingerprint density at radius 3 is 3.12 bits per heavy atom. The fourth-order valence-electron chi connectivity index (χ4n) is 2.46. The summed E-state index contributed by atoms with van der Waals surface area (Å²) in [4.78, 5) is 0. The standard InChI is InChI=1S/C13H23N3O/c1-3-8-14-13(12-6-5-10-17-12)11-7-9-15-16(11)4-2/h7,9,12-14H,3-6,8,10H2,1-2H3. The van der Waals surface area contributed by atoms with Crippen molar-refractivity contribution in [2.75, 3.05) is 13.2 Å². The third-order valence-electron chi connectivity index (χ3n) is 3.32. The normalized spacial score (nSPS) is 21.9. The number of aromatic nitrogens is 2. The van der Waals surface area contributed by atoms with Gasteiger partial charge in [0.1, 0.15) is 0 Å². The third-order valence-corrected chi connectivity index (χ3v) is 3.32. The minimum atomic E-state index is 0.292. The minimum Gasteiger partial charge on any atom is -0.376 e. The Kier molecular flexibility index (Phi) is 4.57. The van der Waals surface area contributed by atoms with Gasteiger partial charge in [0.25, 0.3) is 0 Å². The topological polar surface area (TPSA) is 39.1 Å². The molecule has 2 atom stereocenters. The number of hydrogen-bond acceptors (Lipinski definition) is 3. The first-order chi connectivity index (χ1) is 8.36. The van der Waals surface area contributed by atoms with Gasteiger partial charge in [-0.3, -0.25) is 4.68 Å². The molecule has 2 heterocycles. The van der Waals surface area contributed by atoms with E-state index in [-0.39, 0.29) is 0 Å². The molecule has 4 heteroatoms. The Morgan fingerprint density at radius 1 is 1.59 bits per heavy atom.